The van der Waals surface area contributed by atoms with Gasteiger partial charge >= 0.3 is 0 Å². The van der Waals surface area contributed by atoms with Crippen LogP contribution in [-0.4, -0.2) is 11.9 Å². The number of benzene rings is 1. The van der Waals surface area contributed by atoms with E-state index in [1.807, 2.05) is 24.3 Å². The van der Waals surface area contributed by atoms with Crippen LogP contribution < -0.4 is 4.74 Å². The lowest BCUT2D eigenvalue weighted by Crippen LogP contribution is -2.04. The Morgan fingerprint density at radius 2 is 2.16 bits per heavy atom. The highest BCUT2D eigenvalue weighted by atomic mass is 16.5. The fourth-order valence-corrected chi connectivity index (χ4v) is 2.49. The van der Waals surface area contributed by atoms with Gasteiger partial charge in [0.25, 0.3) is 0 Å². The third-order valence-corrected chi connectivity index (χ3v) is 3.76. The third-order valence-electron chi connectivity index (χ3n) is 3.76. The summed E-state index contributed by atoms with van der Waals surface area (Å²) in [6.07, 6.45) is 10.2. The second-order valence-electron chi connectivity index (χ2n) is 5.55. The lowest BCUT2D eigenvalue weighted by Gasteiger charge is -2.12. The molecule has 0 bridgehead atoms. The average molecular weight is 256 g/mol. The summed E-state index contributed by atoms with van der Waals surface area (Å²) in [6, 6.07) is 7.64. The monoisotopic (exact) mass is 256 g/mol. The molecule has 2 heteroatoms. The van der Waals surface area contributed by atoms with Crippen molar-refractivity contribution in [2.45, 2.75) is 51.0 Å². The summed E-state index contributed by atoms with van der Waals surface area (Å²) in [5.41, 5.74) is 2.09. The molecule has 1 saturated carbocycles. The first-order chi connectivity index (χ1) is 9.31. The van der Waals surface area contributed by atoms with Crippen LogP contribution in [0.2, 0.25) is 0 Å². The Morgan fingerprint density at radius 3 is 2.89 bits per heavy atom. The van der Waals surface area contributed by atoms with Crippen molar-refractivity contribution in [3.63, 3.8) is 0 Å². The lowest BCUT2D eigenvalue weighted by molar-refractivity contribution is 0.0991. The van der Waals surface area contributed by atoms with Crippen LogP contribution in [0, 0.1) is 0 Å². The van der Waals surface area contributed by atoms with Gasteiger partial charge in [0.2, 0.25) is 0 Å². The van der Waals surface area contributed by atoms with Crippen LogP contribution in [0.1, 0.15) is 55.3 Å². The molecule has 19 heavy (non-hydrogen) atoms. The van der Waals surface area contributed by atoms with Gasteiger partial charge in [0.15, 0.2) is 5.78 Å². The molecule has 3 rings (SSSR count). The Morgan fingerprint density at radius 1 is 1.26 bits per heavy atom. The Balaban J connectivity index is 1.66. The minimum absolute atomic E-state index is 0.217. The number of allylic oxidation sites excluding steroid dienone is 2. The fraction of sp³-hybridized carbons (Fsp3) is 0.471. The number of Topliss-reactive ketones (excluding diaryl/α,β-unsaturated/α-hetero) is 1. The van der Waals surface area contributed by atoms with Crippen molar-refractivity contribution in [3.05, 3.63) is 41.5 Å². The third kappa shape index (κ3) is 3.46. The molecule has 0 spiro atoms. The molecule has 2 aliphatic carbocycles. The highest BCUT2D eigenvalue weighted by molar-refractivity contribution is 5.97. The van der Waals surface area contributed by atoms with E-state index in [-0.39, 0.29) is 5.78 Å². The zero-order chi connectivity index (χ0) is 13.1. The van der Waals surface area contributed by atoms with E-state index >= 15 is 0 Å². The number of ketones is 1. The summed E-state index contributed by atoms with van der Waals surface area (Å²) in [5.74, 6) is 1.06. The van der Waals surface area contributed by atoms with Gasteiger partial charge in [-0.3, -0.25) is 4.79 Å². The maximum Gasteiger partial charge on any atom is 0.167 e. The smallest absolute Gasteiger partial charge is 0.167 e. The van der Waals surface area contributed by atoms with E-state index in [0.717, 1.165) is 37.0 Å². The van der Waals surface area contributed by atoms with Crippen LogP contribution in [0.4, 0.5) is 0 Å². The number of ether oxygens (including phenoxy) is 1. The summed E-state index contributed by atoms with van der Waals surface area (Å²) in [4.78, 5) is 12.3. The van der Waals surface area contributed by atoms with Crippen LogP contribution >= 0.6 is 0 Å². The molecule has 1 aromatic carbocycles. The molecule has 2 nitrogen and oxygen atoms in total. The van der Waals surface area contributed by atoms with Crippen LogP contribution in [-0.2, 0) is 0 Å². The van der Waals surface area contributed by atoms with Crippen molar-refractivity contribution in [1.29, 1.82) is 0 Å². The van der Waals surface area contributed by atoms with E-state index in [1.165, 1.54) is 18.4 Å². The SMILES string of the molecule is O=C(CC1=CCCCC1)c1cccc(OC2CC2)c1. The largest absolute Gasteiger partial charge is 0.490 e. The quantitative estimate of drug-likeness (QED) is 0.580. The highest BCUT2D eigenvalue weighted by Gasteiger charge is 2.23. The van der Waals surface area contributed by atoms with E-state index < -0.39 is 0 Å². The molecule has 0 heterocycles. The zero-order valence-corrected chi connectivity index (χ0v) is 11.2. The molecule has 0 aliphatic heterocycles. The van der Waals surface area contributed by atoms with Crippen LogP contribution in [0.15, 0.2) is 35.9 Å². The van der Waals surface area contributed by atoms with Crippen LogP contribution in [0.25, 0.3) is 0 Å². The van der Waals surface area contributed by atoms with Gasteiger partial charge in [-0.15, -0.1) is 0 Å². The van der Waals surface area contributed by atoms with E-state index in [0.29, 0.717) is 12.5 Å². The van der Waals surface area contributed by atoms with Crippen molar-refractivity contribution in [2.24, 2.45) is 0 Å². The fourth-order valence-electron chi connectivity index (χ4n) is 2.49. The van der Waals surface area contributed by atoms with E-state index in [4.69, 9.17) is 4.74 Å². The summed E-state index contributed by atoms with van der Waals surface area (Å²) in [5, 5.41) is 0. The molecular formula is C17H20O2. The number of carbonyl (C=O) groups is 1. The molecule has 0 unspecified atom stereocenters. The predicted octanol–water partition coefficient (Wildman–Crippen LogP) is 4.30. The maximum absolute atomic E-state index is 12.3. The van der Waals surface area contributed by atoms with Crippen molar-refractivity contribution in [3.8, 4) is 5.75 Å². The van der Waals surface area contributed by atoms with Crippen molar-refractivity contribution in [2.75, 3.05) is 0 Å². The highest BCUT2D eigenvalue weighted by Crippen LogP contribution is 2.28. The molecule has 0 N–H and O–H groups in total. The Labute approximate surface area is 114 Å². The standard InChI is InChI=1S/C17H20O2/c18-17(11-13-5-2-1-3-6-13)14-7-4-8-16(12-14)19-15-9-10-15/h4-5,7-8,12,15H,1-3,6,9-11H2. The second kappa shape index (κ2) is 5.60. The Kier molecular flexibility index (Phi) is 3.67. The molecule has 0 radical (unpaired) electrons. The Hall–Kier alpha value is -1.57. The predicted molar refractivity (Wildman–Crippen MR) is 75.6 cm³/mol. The summed E-state index contributed by atoms with van der Waals surface area (Å²) >= 11 is 0. The first-order valence-electron chi connectivity index (χ1n) is 7.29. The first-order valence-corrected chi connectivity index (χ1v) is 7.29. The van der Waals surface area contributed by atoms with Gasteiger partial charge < -0.3 is 4.74 Å². The molecule has 1 aromatic rings. The topological polar surface area (TPSA) is 26.3 Å². The molecule has 1 fully saturated rings. The molecule has 0 saturated heterocycles. The van der Waals surface area contributed by atoms with E-state index in [1.54, 1.807) is 0 Å². The molecule has 0 amide bonds. The minimum Gasteiger partial charge on any atom is -0.490 e. The number of hydrogen-bond donors (Lipinski definition) is 0. The second-order valence-corrected chi connectivity index (χ2v) is 5.55. The van der Waals surface area contributed by atoms with Crippen molar-refractivity contribution >= 4 is 5.78 Å². The van der Waals surface area contributed by atoms with Gasteiger partial charge in [0, 0.05) is 12.0 Å². The Bertz CT molecular complexity index is 498. The van der Waals surface area contributed by atoms with Gasteiger partial charge in [0.05, 0.1) is 6.10 Å². The number of hydrogen-bond acceptors (Lipinski definition) is 2. The van der Waals surface area contributed by atoms with Crippen molar-refractivity contribution in [1.82, 2.24) is 0 Å². The minimum atomic E-state index is 0.217. The molecule has 0 atom stereocenters. The molecule has 0 aromatic heterocycles. The summed E-state index contributed by atoms with van der Waals surface area (Å²) in [7, 11) is 0. The van der Waals surface area contributed by atoms with Crippen LogP contribution in [0.3, 0.4) is 0 Å². The number of rotatable bonds is 5. The zero-order valence-electron chi connectivity index (χ0n) is 11.2. The normalized spacial score (nSPS) is 18.8. The van der Waals surface area contributed by atoms with Crippen molar-refractivity contribution < 1.29 is 9.53 Å². The summed E-state index contributed by atoms with van der Waals surface area (Å²) in [6.45, 7) is 0. The average Bonchev–Trinajstić information content (AvgIpc) is 3.24. The lowest BCUT2D eigenvalue weighted by atomic mass is 9.94. The first kappa shape index (κ1) is 12.5. The van der Waals surface area contributed by atoms with Gasteiger partial charge in [-0.05, 0) is 50.7 Å². The van der Waals surface area contributed by atoms with Gasteiger partial charge in [-0.25, -0.2) is 0 Å². The molecule has 100 valence electrons. The van der Waals surface area contributed by atoms with Crippen LogP contribution in [0.5, 0.6) is 5.75 Å². The van der Waals surface area contributed by atoms with E-state index in [2.05, 4.69) is 6.08 Å². The number of carbonyl (C=O) groups excluding carboxylic acids is 1. The summed E-state index contributed by atoms with van der Waals surface area (Å²) < 4.78 is 5.74. The van der Waals surface area contributed by atoms with E-state index in [9.17, 15) is 4.79 Å². The van der Waals surface area contributed by atoms with Gasteiger partial charge in [-0.1, -0.05) is 23.8 Å². The molecular weight excluding hydrogens is 236 g/mol. The molecule has 2 aliphatic rings. The van der Waals surface area contributed by atoms with Gasteiger partial charge in [0.1, 0.15) is 5.75 Å². The van der Waals surface area contributed by atoms with Gasteiger partial charge in [-0.2, -0.15) is 0 Å². The maximum atomic E-state index is 12.3.